The van der Waals surface area contributed by atoms with Gasteiger partial charge in [0.2, 0.25) is 0 Å². The second-order valence-electron chi connectivity index (χ2n) is 6.64. The smallest absolute Gasteiger partial charge is 0.255 e. The maximum absolute atomic E-state index is 13.1. The molecule has 6 nitrogen and oxygen atoms in total. The lowest BCUT2D eigenvalue weighted by molar-refractivity contribution is -0.0236. The molecule has 1 aliphatic heterocycles. The lowest BCUT2D eigenvalue weighted by Gasteiger charge is -2.32. The topological polar surface area (TPSA) is 72.9 Å². The molecule has 1 fully saturated rings. The molecule has 2 aromatic heterocycles. The Labute approximate surface area is 156 Å². The van der Waals surface area contributed by atoms with Crippen LogP contribution in [-0.2, 0) is 4.74 Å². The van der Waals surface area contributed by atoms with Crippen molar-refractivity contribution in [3.05, 3.63) is 60.2 Å². The number of hydrogen-bond donors (Lipinski definition) is 1. The summed E-state index contributed by atoms with van der Waals surface area (Å²) in [6.45, 7) is 2.19. The number of amides is 1. The standard InChI is InChI=1S/C20H21FN4O2/c21-16-4-1-14(2-5-16)18-13-25-11-15(3-6-19(25)23-18)20(26)24-9-10-27-17(12-24)7-8-22/h1-6,11,13,17H,7-10,12,22H2/t17-/m1/s1. The summed E-state index contributed by atoms with van der Waals surface area (Å²) < 4.78 is 20.6. The zero-order chi connectivity index (χ0) is 18.8. The van der Waals surface area contributed by atoms with Crippen molar-refractivity contribution < 1.29 is 13.9 Å². The van der Waals surface area contributed by atoms with Gasteiger partial charge in [-0.25, -0.2) is 9.37 Å². The fourth-order valence-corrected chi connectivity index (χ4v) is 3.32. The number of nitrogens with zero attached hydrogens (tertiary/aromatic N) is 3. The second kappa shape index (κ2) is 7.46. The molecule has 7 heteroatoms. The summed E-state index contributed by atoms with van der Waals surface area (Å²) in [5, 5.41) is 0. The minimum atomic E-state index is -0.283. The SMILES string of the molecule is NCC[C@@H]1CN(C(=O)c2ccc3nc(-c4ccc(F)cc4)cn3c2)CCO1. The molecule has 0 spiro atoms. The summed E-state index contributed by atoms with van der Waals surface area (Å²) in [6, 6.07) is 9.79. The average Bonchev–Trinajstić information content (AvgIpc) is 3.11. The van der Waals surface area contributed by atoms with E-state index in [4.69, 9.17) is 10.5 Å². The number of halogens is 1. The number of imidazole rings is 1. The third-order valence-corrected chi connectivity index (χ3v) is 4.75. The van der Waals surface area contributed by atoms with Crippen molar-refractivity contribution in [1.29, 1.82) is 0 Å². The highest BCUT2D eigenvalue weighted by Gasteiger charge is 2.25. The van der Waals surface area contributed by atoms with Gasteiger partial charge in [-0.3, -0.25) is 4.79 Å². The van der Waals surface area contributed by atoms with E-state index in [1.165, 1.54) is 12.1 Å². The number of ether oxygens (including phenoxy) is 1. The molecule has 1 saturated heterocycles. The molecule has 1 aliphatic rings. The molecule has 4 rings (SSSR count). The second-order valence-corrected chi connectivity index (χ2v) is 6.64. The Bertz CT molecular complexity index is 952. The summed E-state index contributed by atoms with van der Waals surface area (Å²) in [5.74, 6) is -0.312. The summed E-state index contributed by atoms with van der Waals surface area (Å²) in [6.07, 6.45) is 4.36. The number of fused-ring (bicyclic) bond motifs is 1. The molecule has 0 bridgehead atoms. The predicted octanol–water partition coefficient (Wildman–Crippen LogP) is 2.33. The molecule has 1 atom stereocenters. The Hall–Kier alpha value is -2.77. The highest BCUT2D eigenvalue weighted by atomic mass is 19.1. The number of carbonyl (C=O) groups is 1. The molecule has 140 valence electrons. The van der Waals surface area contributed by atoms with E-state index in [-0.39, 0.29) is 17.8 Å². The highest BCUT2D eigenvalue weighted by Crippen LogP contribution is 2.20. The molecule has 0 saturated carbocycles. The van der Waals surface area contributed by atoms with Crippen molar-refractivity contribution in [3.63, 3.8) is 0 Å². The van der Waals surface area contributed by atoms with Gasteiger partial charge in [-0.2, -0.15) is 0 Å². The molecule has 3 aromatic rings. The van der Waals surface area contributed by atoms with Gasteiger partial charge in [-0.1, -0.05) is 0 Å². The van der Waals surface area contributed by atoms with Crippen LogP contribution in [-0.4, -0.2) is 52.5 Å². The molecule has 3 heterocycles. The molecular weight excluding hydrogens is 347 g/mol. The molecular formula is C20H21FN4O2. The number of carbonyl (C=O) groups excluding carboxylic acids is 1. The Balaban J connectivity index is 1.57. The summed E-state index contributed by atoms with van der Waals surface area (Å²) in [5.41, 5.74) is 8.48. The third-order valence-electron chi connectivity index (χ3n) is 4.75. The lowest BCUT2D eigenvalue weighted by Crippen LogP contribution is -2.46. The van der Waals surface area contributed by atoms with Crippen LogP contribution in [0.1, 0.15) is 16.8 Å². The fraction of sp³-hybridized carbons (Fsp3) is 0.300. The Kier molecular flexibility index (Phi) is 4.87. The van der Waals surface area contributed by atoms with Gasteiger partial charge in [-0.05, 0) is 49.4 Å². The number of morpholine rings is 1. The van der Waals surface area contributed by atoms with Crippen LogP contribution in [0, 0.1) is 5.82 Å². The first-order chi connectivity index (χ1) is 13.1. The van der Waals surface area contributed by atoms with Crippen molar-refractivity contribution in [2.24, 2.45) is 5.73 Å². The number of rotatable bonds is 4. The molecule has 0 radical (unpaired) electrons. The van der Waals surface area contributed by atoms with Gasteiger partial charge >= 0.3 is 0 Å². The van der Waals surface area contributed by atoms with Crippen LogP contribution in [0.4, 0.5) is 4.39 Å². The number of pyridine rings is 1. The van der Waals surface area contributed by atoms with Crippen LogP contribution in [0.3, 0.4) is 0 Å². The van der Waals surface area contributed by atoms with Crippen LogP contribution in [0.5, 0.6) is 0 Å². The zero-order valence-corrected chi connectivity index (χ0v) is 14.8. The van der Waals surface area contributed by atoms with Crippen molar-refractivity contribution in [3.8, 4) is 11.3 Å². The van der Waals surface area contributed by atoms with Gasteiger partial charge in [0.15, 0.2) is 0 Å². The van der Waals surface area contributed by atoms with Gasteiger partial charge in [0.1, 0.15) is 11.5 Å². The molecule has 1 aromatic carbocycles. The van der Waals surface area contributed by atoms with Crippen LogP contribution < -0.4 is 5.73 Å². The van der Waals surface area contributed by atoms with E-state index in [0.717, 1.165) is 23.3 Å². The van der Waals surface area contributed by atoms with Gasteiger partial charge in [0.05, 0.1) is 24.0 Å². The predicted molar refractivity (Wildman–Crippen MR) is 99.9 cm³/mol. The van der Waals surface area contributed by atoms with E-state index < -0.39 is 0 Å². The molecule has 2 N–H and O–H groups in total. The molecule has 0 unspecified atom stereocenters. The van der Waals surface area contributed by atoms with Gasteiger partial charge in [0.25, 0.3) is 5.91 Å². The quantitative estimate of drug-likeness (QED) is 0.767. The average molecular weight is 368 g/mol. The number of hydrogen-bond acceptors (Lipinski definition) is 4. The van der Waals surface area contributed by atoms with Crippen molar-refractivity contribution in [1.82, 2.24) is 14.3 Å². The van der Waals surface area contributed by atoms with Crippen LogP contribution in [0.15, 0.2) is 48.8 Å². The van der Waals surface area contributed by atoms with E-state index in [1.54, 1.807) is 24.4 Å². The summed E-state index contributed by atoms with van der Waals surface area (Å²) >= 11 is 0. The molecule has 1 amide bonds. The minimum Gasteiger partial charge on any atom is -0.374 e. The van der Waals surface area contributed by atoms with Crippen LogP contribution in [0.2, 0.25) is 0 Å². The van der Waals surface area contributed by atoms with Crippen LogP contribution >= 0.6 is 0 Å². The number of aromatic nitrogens is 2. The van der Waals surface area contributed by atoms with Crippen LogP contribution in [0.25, 0.3) is 16.9 Å². The van der Waals surface area contributed by atoms with Gasteiger partial charge in [-0.15, -0.1) is 0 Å². The van der Waals surface area contributed by atoms with Crippen molar-refractivity contribution in [2.75, 3.05) is 26.2 Å². The van der Waals surface area contributed by atoms with E-state index in [0.29, 0.717) is 31.8 Å². The first kappa shape index (κ1) is 17.6. The Morgan fingerprint density at radius 1 is 1.22 bits per heavy atom. The normalized spacial score (nSPS) is 17.4. The number of benzene rings is 1. The summed E-state index contributed by atoms with van der Waals surface area (Å²) in [4.78, 5) is 19.2. The van der Waals surface area contributed by atoms with E-state index in [1.807, 2.05) is 21.6 Å². The van der Waals surface area contributed by atoms with Gasteiger partial charge in [0, 0.05) is 31.0 Å². The fourth-order valence-electron chi connectivity index (χ4n) is 3.32. The molecule has 0 aliphatic carbocycles. The van der Waals surface area contributed by atoms with Gasteiger partial charge < -0.3 is 19.8 Å². The molecule has 27 heavy (non-hydrogen) atoms. The zero-order valence-electron chi connectivity index (χ0n) is 14.8. The van der Waals surface area contributed by atoms with Crippen molar-refractivity contribution in [2.45, 2.75) is 12.5 Å². The maximum Gasteiger partial charge on any atom is 0.255 e. The highest BCUT2D eigenvalue weighted by molar-refractivity contribution is 5.94. The first-order valence-corrected chi connectivity index (χ1v) is 8.99. The maximum atomic E-state index is 13.1. The largest absolute Gasteiger partial charge is 0.374 e. The Morgan fingerprint density at radius 2 is 2.04 bits per heavy atom. The minimum absolute atomic E-state index is 0.00486. The number of nitrogens with two attached hydrogens (primary N) is 1. The monoisotopic (exact) mass is 368 g/mol. The lowest BCUT2D eigenvalue weighted by atomic mass is 10.1. The van der Waals surface area contributed by atoms with E-state index >= 15 is 0 Å². The van der Waals surface area contributed by atoms with Crippen molar-refractivity contribution >= 4 is 11.6 Å². The van der Waals surface area contributed by atoms with E-state index in [2.05, 4.69) is 4.98 Å². The van der Waals surface area contributed by atoms with E-state index in [9.17, 15) is 9.18 Å². The third kappa shape index (κ3) is 3.70. The Morgan fingerprint density at radius 3 is 2.81 bits per heavy atom. The first-order valence-electron chi connectivity index (χ1n) is 8.99. The summed E-state index contributed by atoms with van der Waals surface area (Å²) in [7, 11) is 0.